The number of rotatable bonds is 3. The van der Waals surface area contributed by atoms with E-state index >= 15 is 0 Å². The van der Waals surface area contributed by atoms with E-state index in [0.29, 0.717) is 11.5 Å². The SMILES string of the molecule is CCNC1CC(C)(C)Cc2nc(-c3ccccn3)sc21. The van der Waals surface area contributed by atoms with Crippen molar-refractivity contribution in [2.75, 3.05) is 6.54 Å². The Morgan fingerprint density at radius 1 is 1.40 bits per heavy atom. The minimum absolute atomic E-state index is 0.315. The van der Waals surface area contributed by atoms with Gasteiger partial charge in [-0.2, -0.15) is 0 Å². The molecule has 1 unspecified atom stereocenters. The van der Waals surface area contributed by atoms with Crippen molar-refractivity contribution in [3.05, 3.63) is 35.0 Å². The van der Waals surface area contributed by atoms with Gasteiger partial charge in [0.2, 0.25) is 0 Å². The molecule has 2 aromatic heterocycles. The maximum absolute atomic E-state index is 4.87. The molecule has 0 fully saturated rings. The molecule has 0 amide bonds. The van der Waals surface area contributed by atoms with Crippen molar-refractivity contribution in [3.63, 3.8) is 0 Å². The van der Waals surface area contributed by atoms with Crippen LogP contribution in [-0.4, -0.2) is 16.5 Å². The van der Waals surface area contributed by atoms with Gasteiger partial charge in [-0.25, -0.2) is 4.98 Å². The van der Waals surface area contributed by atoms with Crippen LogP contribution in [-0.2, 0) is 6.42 Å². The van der Waals surface area contributed by atoms with Gasteiger partial charge in [0, 0.05) is 17.1 Å². The lowest BCUT2D eigenvalue weighted by Gasteiger charge is -2.34. The van der Waals surface area contributed by atoms with Crippen molar-refractivity contribution in [1.29, 1.82) is 0 Å². The molecular weight excluding hydrogens is 266 g/mol. The van der Waals surface area contributed by atoms with Gasteiger partial charge in [0.15, 0.2) is 0 Å². The molecule has 2 heterocycles. The van der Waals surface area contributed by atoms with Gasteiger partial charge in [-0.15, -0.1) is 11.3 Å². The van der Waals surface area contributed by atoms with E-state index in [-0.39, 0.29) is 0 Å². The number of hydrogen-bond acceptors (Lipinski definition) is 4. The van der Waals surface area contributed by atoms with Crippen LogP contribution < -0.4 is 5.32 Å². The molecule has 4 heteroatoms. The highest BCUT2D eigenvalue weighted by Crippen LogP contribution is 2.44. The fourth-order valence-corrected chi connectivity index (χ4v) is 4.08. The van der Waals surface area contributed by atoms with Gasteiger partial charge in [-0.3, -0.25) is 4.98 Å². The number of nitrogens with one attached hydrogen (secondary N) is 1. The van der Waals surface area contributed by atoms with Crippen molar-refractivity contribution < 1.29 is 0 Å². The van der Waals surface area contributed by atoms with E-state index in [1.807, 2.05) is 24.4 Å². The van der Waals surface area contributed by atoms with Crippen LogP contribution in [0.3, 0.4) is 0 Å². The van der Waals surface area contributed by atoms with Gasteiger partial charge in [0.05, 0.1) is 11.4 Å². The van der Waals surface area contributed by atoms with Crippen molar-refractivity contribution in [3.8, 4) is 10.7 Å². The van der Waals surface area contributed by atoms with E-state index in [1.165, 1.54) is 17.0 Å². The first-order valence-electron chi connectivity index (χ1n) is 7.23. The minimum Gasteiger partial charge on any atom is -0.309 e. The lowest BCUT2D eigenvalue weighted by atomic mass is 9.76. The van der Waals surface area contributed by atoms with Gasteiger partial charge < -0.3 is 5.32 Å². The average molecular weight is 287 g/mol. The van der Waals surface area contributed by atoms with Crippen LogP contribution in [0.15, 0.2) is 24.4 Å². The van der Waals surface area contributed by atoms with E-state index in [9.17, 15) is 0 Å². The normalized spacial score (nSPS) is 20.6. The zero-order chi connectivity index (χ0) is 14.2. The number of nitrogens with zero attached hydrogens (tertiary/aromatic N) is 2. The summed E-state index contributed by atoms with van der Waals surface area (Å²) in [6.07, 6.45) is 4.08. The molecule has 1 aliphatic rings. The number of pyridine rings is 1. The van der Waals surface area contributed by atoms with Gasteiger partial charge in [-0.1, -0.05) is 26.8 Å². The lowest BCUT2D eigenvalue weighted by Crippen LogP contribution is -2.32. The van der Waals surface area contributed by atoms with Crippen molar-refractivity contribution in [2.24, 2.45) is 5.41 Å². The number of thiazole rings is 1. The molecule has 0 saturated carbocycles. The highest BCUT2D eigenvalue weighted by molar-refractivity contribution is 7.15. The third-order valence-electron chi connectivity index (χ3n) is 3.78. The summed E-state index contributed by atoms with van der Waals surface area (Å²) in [5.74, 6) is 0. The zero-order valence-corrected chi connectivity index (χ0v) is 13.1. The van der Waals surface area contributed by atoms with Crippen LogP contribution in [0.25, 0.3) is 10.7 Å². The molecule has 1 aliphatic carbocycles. The number of hydrogen-bond donors (Lipinski definition) is 1. The maximum Gasteiger partial charge on any atom is 0.142 e. The van der Waals surface area contributed by atoms with Gasteiger partial charge in [0.25, 0.3) is 0 Å². The van der Waals surface area contributed by atoms with Gasteiger partial charge in [0.1, 0.15) is 5.01 Å². The molecule has 0 bridgehead atoms. The fourth-order valence-electron chi connectivity index (χ4n) is 2.94. The Hall–Kier alpha value is -1.26. The lowest BCUT2D eigenvalue weighted by molar-refractivity contribution is 0.260. The van der Waals surface area contributed by atoms with Crippen LogP contribution in [0.4, 0.5) is 0 Å². The average Bonchev–Trinajstić information content (AvgIpc) is 2.82. The van der Waals surface area contributed by atoms with Crippen molar-refractivity contribution in [2.45, 2.75) is 39.7 Å². The Bertz CT molecular complexity index is 589. The first-order valence-corrected chi connectivity index (χ1v) is 8.05. The summed E-state index contributed by atoms with van der Waals surface area (Å²) in [6.45, 7) is 7.83. The summed E-state index contributed by atoms with van der Waals surface area (Å²) in [4.78, 5) is 10.7. The highest BCUT2D eigenvalue weighted by atomic mass is 32.1. The molecule has 0 aromatic carbocycles. The Kier molecular flexibility index (Phi) is 3.61. The molecule has 0 saturated heterocycles. The predicted octanol–water partition coefficient (Wildman–Crippen LogP) is 3.83. The van der Waals surface area contributed by atoms with Crippen LogP contribution in [0.5, 0.6) is 0 Å². The molecule has 1 atom stereocenters. The summed E-state index contributed by atoms with van der Waals surface area (Å²) in [6, 6.07) is 6.45. The van der Waals surface area contributed by atoms with Gasteiger partial charge in [-0.05, 0) is 36.9 Å². The Labute approximate surface area is 124 Å². The first kappa shape index (κ1) is 13.7. The summed E-state index contributed by atoms with van der Waals surface area (Å²) in [5.41, 5.74) is 2.56. The van der Waals surface area contributed by atoms with Gasteiger partial charge >= 0.3 is 0 Å². The van der Waals surface area contributed by atoms with E-state index in [4.69, 9.17) is 4.98 Å². The summed E-state index contributed by atoms with van der Waals surface area (Å²) < 4.78 is 0. The Morgan fingerprint density at radius 3 is 2.95 bits per heavy atom. The van der Waals surface area contributed by atoms with E-state index in [1.54, 1.807) is 11.3 Å². The van der Waals surface area contributed by atoms with Crippen molar-refractivity contribution in [1.82, 2.24) is 15.3 Å². The van der Waals surface area contributed by atoms with Crippen LogP contribution in [0, 0.1) is 5.41 Å². The molecule has 0 spiro atoms. The molecule has 1 N–H and O–H groups in total. The second-order valence-corrected chi connectivity index (χ2v) is 7.23. The maximum atomic E-state index is 4.87. The topological polar surface area (TPSA) is 37.8 Å². The smallest absolute Gasteiger partial charge is 0.142 e. The summed E-state index contributed by atoms with van der Waals surface area (Å²) in [5, 5.41) is 4.66. The predicted molar refractivity (Wildman–Crippen MR) is 83.9 cm³/mol. The third kappa shape index (κ3) is 2.63. The second kappa shape index (κ2) is 5.26. The Balaban J connectivity index is 2.00. The largest absolute Gasteiger partial charge is 0.309 e. The molecule has 0 radical (unpaired) electrons. The van der Waals surface area contributed by atoms with Crippen LogP contribution >= 0.6 is 11.3 Å². The second-order valence-electron chi connectivity index (χ2n) is 6.20. The first-order chi connectivity index (χ1) is 9.59. The molecule has 2 aromatic rings. The number of fused-ring (bicyclic) bond motifs is 1. The molecular formula is C16H21N3S. The number of aromatic nitrogens is 2. The van der Waals surface area contributed by atoms with E-state index in [2.05, 4.69) is 31.1 Å². The van der Waals surface area contributed by atoms with E-state index in [0.717, 1.165) is 23.7 Å². The highest BCUT2D eigenvalue weighted by Gasteiger charge is 2.34. The minimum atomic E-state index is 0.315. The third-order valence-corrected chi connectivity index (χ3v) is 5.02. The molecule has 106 valence electrons. The molecule has 0 aliphatic heterocycles. The molecule has 3 rings (SSSR count). The van der Waals surface area contributed by atoms with Crippen molar-refractivity contribution >= 4 is 11.3 Å². The molecule has 20 heavy (non-hydrogen) atoms. The zero-order valence-electron chi connectivity index (χ0n) is 12.3. The van der Waals surface area contributed by atoms with Crippen LogP contribution in [0.1, 0.15) is 43.8 Å². The quantitative estimate of drug-likeness (QED) is 0.932. The van der Waals surface area contributed by atoms with Crippen LogP contribution in [0.2, 0.25) is 0 Å². The standard InChI is InChI=1S/C16H21N3S/c1-4-17-12-9-16(2,3)10-13-14(12)20-15(19-13)11-7-5-6-8-18-11/h5-8,12,17H,4,9-10H2,1-3H3. The monoisotopic (exact) mass is 287 g/mol. The molecule has 3 nitrogen and oxygen atoms in total. The Morgan fingerprint density at radius 2 is 2.25 bits per heavy atom. The van der Waals surface area contributed by atoms with E-state index < -0.39 is 0 Å². The fraction of sp³-hybridized carbons (Fsp3) is 0.500. The summed E-state index contributed by atoms with van der Waals surface area (Å²) >= 11 is 1.80. The summed E-state index contributed by atoms with van der Waals surface area (Å²) in [7, 11) is 0.